The molecule has 3 N–H and O–H groups in total. The molecule has 0 aromatic heterocycles. The van der Waals surface area contributed by atoms with Crippen LogP contribution in [0, 0.1) is 0 Å². The first-order valence-corrected chi connectivity index (χ1v) is 4.56. The monoisotopic (exact) mass is 194 g/mol. The van der Waals surface area contributed by atoms with E-state index in [2.05, 4.69) is 12.3 Å². The molecule has 1 amide bonds. The molecule has 0 aliphatic heterocycles. The summed E-state index contributed by atoms with van der Waals surface area (Å²) in [6.45, 7) is 2.11. The number of amides is 1. The van der Waals surface area contributed by atoms with Crippen molar-refractivity contribution in [3.8, 4) is 0 Å². The van der Waals surface area contributed by atoms with Crippen LogP contribution in [0.1, 0.15) is 29.3 Å². The molecule has 14 heavy (non-hydrogen) atoms. The Balaban J connectivity index is 2.67. The Hall–Kier alpha value is -1.39. The van der Waals surface area contributed by atoms with Gasteiger partial charge in [0, 0.05) is 5.56 Å². The predicted octanol–water partition coefficient (Wildman–Crippen LogP) is 1.26. The Labute approximate surface area is 82.9 Å². The highest BCUT2D eigenvalue weighted by molar-refractivity contribution is 5.93. The summed E-state index contributed by atoms with van der Waals surface area (Å²) in [4.78, 5) is 11.2. The smallest absolute Gasteiger partial charge is 0.267 e. The van der Waals surface area contributed by atoms with Crippen LogP contribution in [0.4, 0.5) is 0 Å². The van der Waals surface area contributed by atoms with E-state index in [1.807, 2.05) is 12.1 Å². The first-order valence-electron chi connectivity index (χ1n) is 4.56. The third-order valence-electron chi connectivity index (χ3n) is 1.92. The highest BCUT2D eigenvalue weighted by atomic mass is 16.5. The van der Waals surface area contributed by atoms with Gasteiger partial charge in [-0.15, -0.1) is 5.59 Å². The number of nitrogens with one attached hydrogen (secondary N) is 2. The van der Waals surface area contributed by atoms with Crippen molar-refractivity contribution >= 4 is 5.91 Å². The zero-order valence-electron chi connectivity index (χ0n) is 8.08. The minimum atomic E-state index is -0.351. The number of hydrazine groups is 1. The molecule has 0 radical (unpaired) electrons. The number of hydrogen-bond acceptors (Lipinski definition) is 3. The van der Waals surface area contributed by atoms with Gasteiger partial charge in [0.05, 0.1) is 0 Å². The third kappa shape index (κ3) is 2.83. The van der Waals surface area contributed by atoms with E-state index in [4.69, 9.17) is 5.21 Å². The van der Waals surface area contributed by atoms with Crippen LogP contribution in [0.25, 0.3) is 0 Å². The Morgan fingerprint density at radius 3 is 2.50 bits per heavy atom. The van der Waals surface area contributed by atoms with Crippen molar-refractivity contribution in [2.24, 2.45) is 0 Å². The maximum absolute atomic E-state index is 11.2. The van der Waals surface area contributed by atoms with Crippen molar-refractivity contribution in [1.29, 1.82) is 0 Å². The molecule has 0 bridgehead atoms. The lowest BCUT2D eigenvalue weighted by molar-refractivity contribution is 0.0731. The van der Waals surface area contributed by atoms with Crippen molar-refractivity contribution in [3.63, 3.8) is 0 Å². The molecule has 4 nitrogen and oxygen atoms in total. The van der Waals surface area contributed by atoms with Gasteiger partial charge in [-0.1, -0.05) is 25.5 Å². The number of hydrogen-bond donors (Lipinski definition) is 3. The molecule has 0 saturated heterocycles. The highest BCUT2D eigenvalue weighted by Gasteiger charge is 2.02. The lowest BCUT2D eigenvalue weighted by atomic mass is 10.1. The number of carbonyl (C=O) groups is 1. The lowest BCUT2D eigenvalue weighted by Gasteiger charge is -2.03. The van der Waals surface area contributed by atoms with Crippen molar-refractivity contribution in [2.45, 2.75) is 19.8 Å². The van der Waals surface area contributed by atoms with Crippen LogP contribution in [-0.2, 0) is 6.42 Å². The number of aryl methyl sites for hydroxylation is 1. The van der Waals surface area contributed by atoms with Crippen LogP contribution in [0.2, 0.25) is 0 Å². The largest absolute Gasteiger partial charge is 0.297 e. The average Bonchev–Trinajstić information content (AvgIpc) is 2.20. The van der Waals surface area contributed by atoms with Gasteiger partial charge in [-0.2, -0.15) is 0 Å². The normalized spacial score (nSPS) is 9.86. The zero-order valence-corrected chi connectivity index (χ0v) is 8.08. The fourth-order valence-electron chi connectivity index (χ4n) is 1.23. The van der Waals surface area contributed by atoms with Crippen LogP contribution in [0.3, 0.4) is 0 Å². The third-order valence-corrected chi connectivity index (χ3v) is 1.92. The van der Waals surface area contributed by atoms with Crippen LogP contribution < -0.4 is 11.0 Å². The SMILES string of the molecule is CCCc1ccc(C(=O)NNO)cc1. The maximum atomic E-state index is 11.2. The second kappa shape index (κ2) is 5.36. The Bertz CT molecular complexity index is 295. The topological polar surface area (TPSA) is 61.4 Å². The van der Waals surface area contributed by atoms with Gasteiger partial charge in [0.25, 0.3) is 5.91 Å². The Kier molecular flexibility index (Phi) is 4.10. The second-order valence-electron chi connectivity index (χ2n) is 3.01. The van der Waals surface area contributed by atoms with Gasteiger partial charge in [0.1, 0.15) is 0 Å². The minimum absolute atomic E-state index is 0.351. The van der Waals surface area contributed by atoms with Crippen LogP contribution in [0.5, 0.6) is 0 Å². The molecule has 0 aliphatic rings. The minimum Gasteiger partial charge on any atom is -0.297 e. The van der Waals surface area contributed by atoms with E-state index in [1.165, 1.54) is 5.56 Å². The van der Waals surface area contributed by atoms with Crippen molar-refractivity contribution in [2.75, 3.05) is 0 Å². The Morgan fingerprint density at radius 1 is 1.36 bits per heavy atom. The molecule has 1 rings (SSSR count). The predicted molar refractivity (Wildman–Crippen MR) is 52.8 cm³/mol. The van der Waals surface area contributed by atoms with Gasteiger partial charge in [-0.25, -0.2) is 0 Å². The molecular weight excluding hydrogens is 180 g/mol. The first kappa shape index (κ1) is 10.7. The van der Waals surface area contributed by atoms with Gasteiger partial charge in [0.15, 0.2) is 0 Å². The van der Waals surface area contributed by atoms with E-state index >= 15 is 0 Å². The molecule has 0 spiro atoms. The number of rotatable bonds is 4. The molecule has 0 atom stereocenters. The van der Waals surface area contributed by atoms with Gasteiger partial charge >= 0.3 is 0 Å². The number of carbonyl (C=O) groups excluding carboxylic acids is 1. The van der Waals surface area contributed by atoms with Gasteiger partial charge < -0.3 is 0 Å². The maximum Gasteiger partial charge on any atom is 0.267 e. The van der Waals surface area contributed by atoms with Crippen molar-refractivity contribution in [3.05, 3.63) is 35.4 Å². The summed E-state index contributed by atoms with van der Waals surface area (Å²) in [6, 6.07) is 7.29. The fourth-order valence-corrected chi connectivity index (χ4v) is 1.23. The molecule has 4 heteroatoms. The van der Waals surface area contributed by atoms with E-state index in [1.54, 1.807) is 17.7 Å². The van der Waals surface area contributed by atoms with Crippen LogP contribution in [0.15, 0.2) is 24.3 Å². The van der Waals surface area contributed by atoms with Crippen LogP contribution >= 0.6 is 0 Å². The molecule has 0 fully saturated rings. The summed E-state index contributed by atoms with van der Waals surface area (Å²) in [5.74, 6) is -0.351. The molecular formula is C10H14N2O2. The second-order valence-corrected chi connectivity index (χ2v) is 3.01. The highest BCUT2D eigenvalue weighted by Crippen LogP contribution is 2.06. The summed E-state index contributed by atoms with van der Waals surface area (Å²) in [6.07, 6.45) is 2.10. The van der Waals surface area contributed by atoms with E-state index in [0.29, 0.717) is 5.56 Å². The van der Waals surface area contributed by atoms with E-state index in [-0.39, 0.29) is 5.91 Å². The summed E-state index contributed by atoms with van der Waals surface area (Å²) in [7, 11) is 0. The summed E-state index contributed by atoms with van der Waals surface area (Å²) in [5, 5.41) is 8.25. The summed E-state index contributed by atoms with van der Waals surface area (Å²) < 4.78 is 0. The zero-order chi connectivity index (χ0) is 10.4. The molecule has 0 heterocycles. The summed E-state index contributed by atoms with van der Waals surface area (Å²) >= 11 is 0. The fraction of sp³-hybridized carbons (Fsp3) is 0.300. The number of benzene rings is 1. The summed E-state index contributed by atoms with van der Waals surface area (Å²) in [5.41, 5.74) is 5.42. The molecule has 76 valence electrons. The van der Waals surface area contributed by atoms with Crippen LogP contribution in [-0.4, -0.2) is 11.1 Å². The van der Waals surface area contributed by atoms with Gasteiger partial charge in [0.2, 0.25) is 0 Å². The molecule has 0 saturated carbocycles. The average molecular weight is 194 g/mol. The quantitative estimate of drug-likeness (QED) is 0.632. The molecule has 0 unspecified atom stereocenters. The molecule has 1 aromatic carbocycles. The van der Waals surface area contributed by atoms with E-state index in [0.717, 1.165) is 12.8 Å². The Morgan fingerprint density at radius 2 is 2.00 bits per heavy atom. The van der Waals surface area contributed by atoms with Gasteiger partial charge in [-0.3, -0.25) is 15.4 Å². The van der Waals surface area contributed by atoms with Gasteiger partial charge in [-0.05, 0) is 24.1 Å². The van der Waals surface area contributed by atoms with Crippen molar-refractivity contribution < 1.29 is 10.0 Å². The van der Waals surface area contributed by atoms with Crippen molar-refractivity contribution in [1.82, 2.24) is 11.0 Å². The lowest BCUT2D eigenvalue weighted by Crippen LogP contribution is -2.34. The van der Waals surface area contributed by atoms with E-state index in [9.17, 15) is 4.79 Å². The molecule has 0 aliphatic carbocycles. The first-order chi connectivity index (χ1) is 6.77. The van der Waals surface area contributed by atoms with E-state index < -0.39 is 0 Å². The standard InChI is InChI=1S/C10H14N2O2/c1-2-3-8-4-6-9(7-5-8)10(13)11-12-14/h4-7,12,14H,2-3H2,1H3,(H,11,13). The molecule has 1 aromatic rings.